The van der Waals surface area contributed by atoms with Gasteiger partial charge in [0.1, 0.15) is 45.7 Å². The third-order valence-electron chi connectivity index (χ3n) is 9.02. The molecule has 308 valence electrons. The number of rotatable bonds is 14. The van der Waals surface area contributed by atoms with Gasteiger partial charge in [-0.25, -0.2) is 0 Å². The molecule has 4 N–H and O–H groups in total. The normalized spacial score (nSPS) is 11.0. The zero-order valence-electron chi connectivity index (χ0n) is 33.1. The number of phenolic OH excluding ortho intramolecular Hbond substituents is 4. The molecule has 6 aromatic rings. The molecule has 0 aromatic heterocycles. The minimum Gasteiger partial charge on any atom is -0.506 e. The van der Waals surface area contributed by atoms with E-state index in [0.29, 0.717) is 28.0 Å². The second-order valence-corrected chi connectivity index (χ2v) is 13.3. The molecule has 6 aromatic carbocycles. The minimum atomic E-state index is -0.614. The summed E-state index contributed by atoms with van der Waals surface area (Å²) in [5.41, 5.74) is 4.03. The van der Waals surface area contributed by atoms with Crippen LogP contribution in [0.4, 0.5) is 45.5 Å². The molecule has 16 heteroatoms. The van der Waals surface area contributed by atoms with Crippen LogP contribution in [0.2, 0.25) is 0 Å². The Hall–Kier alpha value is -7.21. The Kier molecular flexibility index (Phi) is 16.7. The number of nitro groups is 1. The Morgan fingerprint density at radius 2 is 1.25 bits per heavy atom. The van der Waals surface area contributed by atoms with Gasteiger partial charge in [0.25, 0.3) is 5.69 Å². The second kappa shape index (κ2) is 22.1. The van der Waals surface area contributed by atoms with Crippen LogP contribution in [-0.4, -0.2) is 38.4 Å². The van der Waals surface area contributed by atoms with Gasteiger partial charge < -0.3 is 25.3 Å². The second-order valence-electron chi connectivity index (χ2n) is 13.3. The number of hydrogen-bond acceptors (Lipinski definition) is 14. The number of benzene rings is 6. The van der Waals surface area contributed by atoms with Gasteiger partial charge in [0.2, 0.25) is 0 Å². The van der Waals surface area contributed by atoms with Crippen LogP contribution in [0.3, 0.4) is 0 Å². The average molecular weight is 850 g/mol. The number of anilines is 1. The number of phenols is 4. The van der Waals surface area contributed by atoms with Crippen molar-refractivity contribution in [3.8, 4) is 29.1 Å². The number of unbranched alkanes of at least 4 members (excludes halogenated alkanes) is 2. The molecule has 15 nitrogen and oxygen atoms in total. The molecule has 0 fully saturated rings. The van der Waals surface area contributed by atoms with Crippen molar-refractivity contribution in [1.82, 2.24) is 0 Å². The number of nitrogens with zero attached hydrogens (tertiary/aromatic N) is 9. The Labute approximate surface area is 357 Å². The van der Waals surface area contributed by atoms with E-state index in [4.69, 9.17) is 5.26 Å². The van der Waals surface area contributed by atoms with Crippen molar-refractivity contribution in [2.75, 3.05) is 18.0 Å². The zero-order valence-corrected chi connectivity index (χ0v) is 34.2. The fourth-order valence-corrected chi connectivity index (χ4v) is 5.70. The van der Waals surface area contributed by atoms with E-state index in [-0.39, 0.29) is 62.8 Å². The third-order valence-corrected chi connectivity index (χ3v) is 9.02. The van der Waals surface area contributed by atoms with E-state index >= 15 is 0 Å². The standard InChI is InChI=1S/C28H32N6O2.C16H11N3O4.Fe/c1-4-6-14-34(15-7-5-2)23-12-13-24(27(35)17-23)31-33-26-16-20(3)25(18-28(26)36)32-30-22-10-8-21(19-29)9-11-22;20-14-8-5-10-3-1-2-4-12(10)16(14)18-17-13-7-6-11(19(22)23)9-15(13)21;/h8-13,16-18,35-36H,4-7,14-15H2,1-3H3;1-9,20-21H;. The van der Waals surface area contributed by atoms with E-state index in [1.54, 1.807) is 54.6 Å². The Morgan fingerprint density at radius 3 is 1.88 bits per heavy atom. The summed E-state index contributed by atoms with van der Waals surface area (Å²) in [7, 11) is 0. The van der Waals surface area contributed by atoms with Crippen molar-refractivity contribution in [3.63, 3.8) is 0 Å². The van der Waals surface area contributed by atoms with Crippen LogP contribution in [-0.2, 0) is 17.1 Å². The fraction of sp³-hybridized carbons (Fsp3) is 0.205. The van der Waals surface area contributed by atoms with E-state index in [9.17, 15) is 30.5 Å². The molecule has 0 saturated heterocycles. The minimum absolute atomic E-state index is 0. The van der Waals surface area contributed by atoms with E-state index in [1.165, 1.54) is 24.3 Å². The van der Waals surface area contributed by atoms with Gasteiger partial charge in [-0.15, -0.1) is 20.5 Å². The molecule has 0 aliphatic carbocycles. The van der Waals surface area contributed by atoms with Crippen LogP contribution in [0.5, 0.6) is 23.0 Å². The van der Waals surface area contributed by atoms with Gasteiger partial charge in [-0.3, -0.25) is 10.1 Å². The van der Waals surface area contributed by atoms with Gasteiger partial charge in [-0.1, -0.05) is 57.0 Å². The molecular weight excluding hydrogens is 806 g/mol. The number of hydrogen-bond donors (Lipinski definition) is 4. The van der Waals surface area contributed by atoms with Crippen molar-refractivity contribution in [2.24, 2.45) is 30.7 Å². The number of aryl methyl sites for hydroxylation is 1. The molecule has 0 bridgehead atoms. The smallest absolute Gasteiger partial charge is 0.273 e. The first-order valence-electron chi connectivity index (χ1n) is 18.9. The number of non-ortho nitro benzene ring substituents is 1. The first-order chi connectivity index (χ1) is 28.5. The molecule has 60 heavy (non-hydrogen) atoms. The molecule has 0 amide bonds. The van der Waals surface area contributed by atoms with Crippen molar-refractivity contribution >= 4 is 56.3 Å². The maximum Gasteiger partial charge on any atom is 0.273 e. The molecular formula is C44H43FeN9O6. The molecule has 0 aliphatic heterocycles. The molecule has 0 heterocycles. The fourth-order valence-electron chi connectivity index (χ4n) is 5.70. The molecule has 0 radical (unpaired) electrons. The predicted molar refractivity (Wildman–Crippen MR) is 227 cm³/mol. The maximum absolute atomic E-state index is 10.6. The van der Waals surface area contributed by atoms with Gasteiger partial charge in [-0.05, 0) is 85.3 Å². The maximum atomic E-state index is 10.6. The molecule has 0 unspecified atom stereocenters. The average Bonchev–Trinajstić information content (AvgIpc) is 3.24. The van der Waals surface area contributed by atoms with Crippen LogP contribution in [0, 0.1) is 28.4 Å². The van der Waals surface area contributed by atoms with Crippen molar-refractivity contribution < 1.29 is 42.4 Å². The van der Waals surface area contributed by atoms with Crippen LogP contribution >= 0.6 is 0 Å². The molecule has 0 saturated carbocycles. The summed E-state index contributed by atoms with van der Waals surface area (Å²) < 4.78 is 0. The third kappa shape index (κ3) is 12.2. The number of aromatic hydroxyl groups is 4. The summed E-state index contributed by atoms with van der Waals surface area (Å²) in [6.07, 6.45) is 4.40. The Morgan fingerprint density at radius 1 is 0.650 bits per heavy atom. The summed E-state index contributed by atoms with van der Waals surface area (Å²) in [6, 6.07) is 31.4. The molecule has 0 atom stereocenters. The Bertz CT molecular complexity index is 2550. The molecule has 0 aliphatic rings. The number of nitro benzene ring substituents is 1. The summed E-state index contributed by atoms with van der Waals surface area (Å²) in [6.45, 7) is 8.05. The number of azo groups is 3. The van der Waals surface area contributed by atoms with E-state index in [2.05, 4.69) is 55.5 Å². The van der Waals surface area contributed by atoms with E-state index < -0.39 is 4.92 Å². The van der Waals surface area contributed by atoms with Gasteiger partial charge in [-0.2, -0.15) is 15.5 Å². The van der Waals surface area contributed by atoms with Gasteiger partial charge >= 0.3 is 0 Å². The Balaban J connectivity index is 0.000000285. The largest absolute Gasteiger partial charge is 0.506 e. The quantitative estimate of drug-likeness (QED) is 0.0356. The molecule has 6 rings (SSSR count). The monoisotopic (exact) mass is 849 g/mol. The van der Waals surface area contributed by atoms with Crippen LogP contribution in [0.15, 0.2) is 140 Å². The zero-order chi connectivity index (χ0) is 42.3. The van der Waals surface area contributed by atoms with Crippen LogP contribution in [0.1, 0.15) is 50.7 Å². The number of fused-ring (bicyclic) bond motifs is 1. The summed E-state index contributed by atoms with van der Waals surface area (Å²) in [5.74, 6) is -0.464. The van der Waals surface area contributed by atoms with E-state index in [0.717, 1.165) is 61.5 Å². The van der Waals surface area contributed by atoms with Gasteiger partial charge in [0.05, 0.1) is 34.0 Å². The first-order valence-corrected chi connectivity index (χ1v) is 18.9. The van der Waals surface area contributed by atoms with Crippen LogP contribution in [0.25, 0.3) is 10.8 Å². The summed E-state index contributed by atoms with van der Waals surface area (Å²) in [4.78, 5) is 12.3. The van der Waals surface area contributed by atoms with Crippen molar-refractivity contribution in [2.45, 2.75) is 46.5 Å². The summed E-state index contributed by atoms with van der Waals surface area (Å²) >= 11 is 0. The van der Waals surface area contributed by atoms with E-state index in [1.807, 2.05) is 31.2 Å². The molecule has 0 spiro atoms. The first kappa shape index (κ1) is 45.5. The van der Waals surface area contributed by atoms with Gasteiger partial charge in [0, 0.05) is 59.4 Å². The predicted octanol–water partition coefficient (Wildman–Crippen LogP) is 13.1. The topological polar surface area (TPSA) is 225 Å². The number of nitriles is 1. The van der Waals surface area contributed by atoms with Gasteiger partial charge in [0.15, 0.2) is 0 Å². The summed E-state index contributed by atoms with van der Waals surface area (Å²) in [5, 5.41) is 86.4. The van der Waals surface area contributed by atoms with Crippen molar-refractivity contribution in [3.05, 3.63) is 130 Å². The van der Waals surface area contributed by atoms with Crippen LogP contribution < -0.4 is 4.90 Å². The SMILES string of the molecule is CCCCN(CCCC)c1ccc(N=Nc2cc(C)c(N=Nc3ccc(C#N)cc3)cc2O)c(O)c1.O=[N+]([O-])c1ccc(N=Nc2c(O)ccc3ccccc23)c(O)c1.[Fe]. The van der Waals surface area contributed by atoms with Crippen molar-refractivity contribution in [1.29, 1.82) is 5.26 Å².